The number of hydrogen-bond donors (Lipinski definition) is 1. The van der Waals surface area contributed by atoms with Crippen molar-refractivity contribution in [2.24, 2.45) is 5.92 Å². The van der Waals surface area contributed by atoms with E-state index in [0.717, 1.165) is 18.0 Å². The molecular weight excluding hydrogens is 172 g/mol. The Balaban J connectivity index is 1.88. The lowest BCUT2D eigenvalue weighted by Crippen LogP contribution is -2.42. The molecule has 14 heavy (non-hydrogen) atoms. The molecule has 0 radical (unpaired) electrons. The van der Waals surface area contributed by atoms with Crippen molar-refractivity contribution in [3.63, 3.8) is 0 Å². The van der Waals surface area contributed by atoms with Crippen molar-refractivity contribution in [2.45, 2.75) is 51.6 Å². The molecule has 2 nitrogen and oxygen atoms in total. The van der Waals surface area contributed by atoms with Crippen molar-refractivity contribution in [2.75, 3.05) is 19.6 Å². The number of hydrogen-bond acceptors (Lipinski definition) is 2. The molecule has 1 saturated carbocycles. The molecule has 1 N–H and O–H groups in total. The third-order valence-corrected chi connectivity index (χ3v) is 3.88. The van der Waals surface area contributed by atoms with Crippen LogP contribution in [0.2, 0.25) is 0 Å². The summed E-state index contributed by atoms with van der Waals surface area (Å²) in [6, 6.07) is 1.57. The van der Waals surface area contributed by atoms with Crippen LogP contribution in [0, 0.1) is 5.92 Å². The van der Waals surface area contributed by atoms with Crippen LogP contribution in [-0.4, -0.2) is 36.6 Å². The second-order valence-corrected chi connectivity index (χ2v) is 4.99. The summed E-state index contributed by atoms with van der Waals surface area (Å²) < 4.78 is 0. The fourth-order valence-corrected chi connectivity index (χ4v) is 2.55. The summed E-state index contributed by atoms with van der Waals surface area (Å²) in [5, 5.41) is 3.63. The number of nitrogens with one attached hydrogen (secondary N) is 1. The molecule has 1 heterocycles. The maximum atomic E-state index is 3.63. The Morgan fingerprint density at radius 1 is 1.43 bits per heavy atom. The molecule has 2 aliphatic rings. The maximum Gasteiger partial charge on any atom is 0.0192 e. The van der Waals surface area contributed by atoms with Crippen LogP contribution in [0.3, 0.4) is 0 Å². The largest absolute Gasteiger partial charge is 0.313 e. The lowest BCUT2D eigenvalue weighted by atomic mass is 10.1. The highest BCUT2D eigenvalue weighted by atomic mass is 15.2. The third-order valence-electron chi connectivity index (χ3n) is 3.88. The van der Waals surface area contributed by atoms with Gasteiger partial charge in [0.15, 0.2) is 0 Å². The van der Waals surface area contributed by atoms with Gasteiger partial charge in [0, 0.05) is 18.6 Å². The van der Waals surface area contributed by atoms with E-state index in [0.29, 0.717) is 0 Å². The van der Waals surface area contributed by atoms with Gasteiger partial charge in [0.05, 0.1) is 0 Å². The molecule has 2 atom stereocenters. The highest BCUT2D eigenvalue weighted by Crippen LogP contribution is 2.35. The lowest BCUT2D eigenvalue weighted by Gasteiger charge is -2.29. The smallest absolute Gasteiger partial charge is 0.0192 e. The minimum absolute atomic E-state index is 0.735. The van der Waals surface area contributed by atoms with Crippen molar-refractivity contribution in [3.05, 3.63) is 0 Å². The molecule has 1 saturated heterocycles. The number of nitrogens with zero attached hydrogens (tertiary/aromatic N) is 1. The Bertz CT molecular complexity index is 177. The van der Waals surface area contributed by atoms with Gasteiger partial charge in [-0.15, -0.1) is 0 Å². The predicted octanol–water partition coefficient (Wildman–Crippen LogP) is 1.86. The van der Waals surface area contributed by atoms with Gasteiger partial charge in [0.25, 0.3) is 0 Å². The van der Waals surface area contributed by atoms with E-state index in [4.69, 9.17) is 0 Å². The molecule has 1 aliphatic carbocycles. The Morgan fingerprint density at radius 2 is 2.21 bits per heavy atom. The summed E-state index contributed by atoms with van der Waals surface area (Å²) in [6.07, 6.45) is 5.55. The molecule has 2 rings (SSSR count). The molecular formula is C12H24N2. The second-order valence-electron chi connectivity index (χ2n) is 4.99. The van der Waals surface area contributed by atoms with Crippen LogP contribution < -0.4 is 5.32 Å². The molecule has 0 aromatic rings. The second kappa shape index (κ2) is 4.63. The van der Waals surface area contributed by atoms with E-state index in [1.165, 1.54) is 45.3 Å². The van der Waals surface area contributed by atoms with Crippen molar-refractivity contribution in [1.29, 1.82) is 0 Å². The van der Waals surface area contributed by atoms with Gasteiger partial charge < -0.3 is 5.32 Å². The standard InChI is InChI=1S/C12H24N2/c1-3-12-9-14(8-4-7-13-12)10(2)11-5-6-11/h10-13H,3-9H2,1-2H3. The van der Waals surface area contributed by atoms with Gasteiger partial charge in [0.1, 0.15) is 0 Å². The molecule has 2 fully saturated rings. The summed E-state index contributed by atoms with van der Waals surface area (Å²) >= 11 is 0. The zero-order chi connectivity index (χ0) is 9.97. The highest BCUT2D eigenvalue weighted by molar-refractivity contribution is 4.88. The molecule has 0 aromatic carbocycles. The van der Waals surface area contributed by atoms with Crippen molar-refractivity contribution < 1.29 is 0 Å². The first-order valence-electron chi connectivity index (χ1n) is 6.28. The van der Waals surface area contributed by atoms with Gasteiger partial charge in [0.2, 0.25) is 0 Å². The van der Waals surface area contributed by atoms with Gasteiger partial charge >= 0.3 is 0 Å². The van der Waals surface area contributed by atoms with Crippen LogP contribution >= 0.6 is 0 Å². The first kappa shape index (κ1) is 10.4. The summed E-state index contributed by atoms with van der Waals surface area (Å²) in [7, 11) is 0. The first-order chi connectivity index (χ1) is 6.81. The summed E-state index contributed by atoms with van der Waals surface area (Å²) in [4.78, 5) is 2.71. The van der Waals surface area contributed by atoms with Crippen LogP contribution in [0.25, 0.3) is 0 Å². The summed E-state index contributed by atoms with van der Waals surface area (Å²) in [5.74, 6) is 1.02. The normalized spacial score (nSPS) is 32.6. The van der Waals surface area contributed by atoms with E-state index in [9.17, 15) is 0 Å². The SMILES string of the molecule is CCC1CN(C(C)C2CC2)CCCN1. The Hall–Kier alpha value is -0.0800. The molecule has 0 spiro atoms. The van der Waals surface area contributed by atoms with Crippen molar-refractivity contribution in [3.8, 4) is 0 Å². The predicted molar refractivity (Wildman–Crippen MR) is 60.5 cm³/mol. The highest BCUT2D eigenvalue weighted by Gasteiger charge is 2.32. The Labute approximate surface area is 88.1 Å². The average Bonchev–Trinajstić information content (AvgIpc) is 3.03. The number of rotatable bonds is 3. The van der Waals surface area contributed by atoms with E-state index < -0.39 is 0 Å². The zero-order valence-corrected chi connectivity index (χ0v) is 9.63. The molecule has 1 aliphatic heterocycles. The summed E-state index contributed by atoms with van der Waals surface area (Å²) in [5.41, 5.74) is 0. The van der Waals surface area contributed by atoms with Crippen molar-refractivity contribution in [1.82, 2.24) is 10.2 Å². The zero-order valence-electron chi connectivity index (χ0n) is 9.63. The molecule has 82 valence electrons. The van der Waals surface area contributed by atoms with E-state index in [2.05, 4.69) is 24.1 Å². The van der Waals surface area contributed by atoms with E-state index >= 15 is 0 Å². The molecule has 2 heteroatoms. The van der Waals surface area contributed by atoms with Gasteiger partial charge in [-0.05, 0) is 51.6 Å². The average molecular weight is 196 g/mol. The van der Waals surface area contributed by atoms with Gasteiger partial charge in [-0.25, -0.2) is 0 Å². The minimum Gasteiger partial charge on any atom is -0.313 e. The van der Waals surface area contributed by atoms with Crippen LogP contribution in [0.5, 0.6) is 0 Å². The van der Waals surface area contributed by atoms with Gasteiger partial charge in [-0.1, -0.05) is 6.92 Å². The van der Waals surface area contributed by atoms with Crippen LogP contribution in [0.4, 0.5) is 0 Å². The quantitative estimate of drug-likeness (QED) is 0.741. The topological polar surface area (TPSA) is 15.3 Å². The van der Waals surface area contributed by atoms with Crippen LogP contribution in [0.1, 0.15) is 39.5 Å². The summed E-state index contributed by atoms with van der Waals surface area (Å²) in [6.45, 7) is 8.51. The molecule has 0 amide bonds. The molecule has 2 unspecified atom stereocenters. The lowest BCUT2D eigenvalue weighted by molar-refractivity contribution is 0.185. The maximum absolute atomic E-state index is 3.63. The molecule has 0 bridgehead atoms. The van der Waals surface area contributed by atoms with Crippen molar-refractivity contribution >= 4 is 0 Å². The fraction of sp³-hybridized carbons (Fsp3) is 1.00. The van der Waals surface area contributed by atoms with Crippen LogP contribution in [0.15, 0.2) is 0 Å². The van der Waals surface area contributed by atoms with Crippen LogP contribution in [-0.2, 0) is 0 Å². The van der Waals surface area contributed by atoms with E-state index in [1.54, 1.807) is 0 Å². The van der Waals surface area contributed by atoms with E-state index in [-0.39, 0.29) is 0 Å². The Morgan fingerprint density at radius 3 is 2.86 bits per heavy atom. The molecule has 0 aromatic heterocycles. The fourth-order valence-electron chi connectivity index (χ4n) is 2.55. The monoisotopic (exact) mass is 196 g/mol. The Kier molecular flexibility index (Phi) is 3.45. The first-order valence-corrected chi connectivity index (χ1v) is 6.28. The van der Waals surface area contributed by atoms with E-state index in [1.807, 2.05) is 0 Å². The van der Waals surface area contributed by atoms with Gasteiger partial charge in [-0.2, -0.15) is 0 Å². The third kappa shape index (κ3) is 2.48. The minimum atomic E-state index is 0.735. The van der Waals surface area contributed by atoms with Gasteiger partial charge in [-0.3, -0.25) is 4.90 Å².